The highest BCUT2D eigenvalue weighted by Gasteiger charge is 2.38. The highest BCUT2D eigenvalue weighted by molar-refractivity contribution is 8.00. The first-order chi connectivity index (χ1) is 11.4. The molecule has 0 atom stereocenters. The number of unbranched alkanes of at least 4 members (excludes halogenated alkanes) is 5. The van der Waals surface area contributed by atoms with Crippen LogP contribution in [0.1, 0.15) is 71.1 Å². The molecule has 1 aromatic heterocycles. The van der Waals surface area contributed by atoms with Gasteiger partial charge in [0.05, 0.1) is 5.52 Å². The van der Waals surface area contributed by atoms with Gasteiger partial charge in [-0.2, -0.15) is 0 Å². The number of rotatable bonds is 9. The van der Waals surface area contributed by atoms with E-state index in [1.165, 1.54) is 75.5 Å². The summed E-state index contributed by atoms with van der Waals surface area (Å²) in [4.78, 5) is 0.152. The topological polar surface area (TPSA) is 30.7 Å². The molecule has 2 aromatic rings. The molecule has 126 valence electrons. The van der Waals surface area contributed by atoms with E-state index in [9.17, 15) is 0 Å². The maximum atomic E-state index is 4.53. The largest absolute Gasteiger partial charge is 0.229 e. The van der Waals surface area contributed by atoms with Crippen LogP contribution in [0.15, 0.2) is 24.3 Å². The lowest BCUT2D eigenvalue weighted by Crippen LogP contribution is -2.28. The van der Waals surface area contributed by atoms with Gasteiger partial charge in [0.15, 0.2) is 0 Å². The maximum absolute atomic E-state index is 4.53. The summed E-state index contributed by atoms with van der Waals surface area (Å²) < 4.78 is 2.23. The normalized spacial score (nSPS) is 17.1. The van der Waals surface area contributed by atoms with Crippen molar-refractivity contribution in [3.8, 4) is 0 Å². The lowest BCUT2D eigenvalue weighted by atomic mass is 10.1. The van der Waals surface area contributed by atoms with Crippen molar-refractivity contribution in [2.45, 2.75) is 76.0 Å². The zero-order valence-corrected chi connectivity index (χ0v) is 15.2. The van der Waals surface area contributed by atoms with Gasteiger partial charge in [-0.3, -0.25) is 0 Å². The summed E-state index contributed by atoms with van der Waals surface area (Å²) in [6, 6.07) is 8.38. The molecule has 1 aliphatic carbocycles. The molecule has 0 unspecified atom stereocenters. The molecule has 0 saturated heterocycles. The van der Waals surface area contributed by atoms with Crippen LogP contribution in [-0.2, 0) is 4.87 Å². The van der Waals surface area contributed by atoms with Gasteiger partial charge in [0.1, 0.15) is 10.4 Å². The van der Waals surface area contributed by atoms with Crippen molar-refractivity contribution in [3.63, 3.8) is 0 Å². The third-order valence-electron chi connectivity index (χ3n) is 4.99. The van der Waals surface area contributed by atoms with E-state index in [4.69, 9.17) is 0 Å². The Labute approximate surface area is 144 Å². The van der Waals surface area contributed by atoms with Crippen LogP contribution in [0.3, 0.4) is 0 Å². The molecule has 1 fully saturated rings. The van der Waals surface area contributed by atoms with Gasteiger partial charge in [-0.1, -0.05) is 69.2 Å². The van der Waals surface area contributed by atoms with Crippen molar-refractivity contribution >= 4 is 22.8 Å². The number of hydrogen-bond acceptors (Lipinski definition) is 3. The SMILES string of the molecule is CCCCCCCCSC1(n2nnc3ccccc32)CCCC1. The Morgan fingerprint density at radius 1 is 1.04 bits per heavy atom. The fourth-order valence-electron chi connectivity index (χ4n) is 3.66. The summed E-state index contributed by atoms with van der Waals surface area (Å²) in [5.74, 6) is 1.25. The second kappa shape index (κ2) is 8.18. The number of aromatic nitrogens is 3. The zero-order chi connectivity index (χ0) is 16.0. The first-order valence-corrected chi connectivity index (χ1v) is 10.3. The molecule has 0 radical (unpaired) electrons. The molecule has 0 N–H and O–H groups in total. The molecular weight excluding hydrogens is 302 g/mol. The van der Waals surface area contributed by atoms with Gasteiger partial charge in [-0.05, 0) is 37.1 Å². The molecule has 0 amide bonds. The van der Waals surface area contributed by atoms with Crippen molar-refractivity contribution in [2.24, 2.45) is 0 Å². The smallest absolute Gasteiger partial charge is 0.113 e. The molecule has 3 rings (SSSR count). The molecule has 1 heterocycles. The van der Waals surface area contributed by atoms with Gasteiger partial charge in [-0.15, -0.1) is 16.9 Å². The first kappa shape index (κ1) is 16.8. The van der Waals surface area contributed by atoms with E-state index in [2.05, 4.69) is 51.9 Å². The highest BCUT2D eigenvalue weighted by atomic mass is 32.2. The third kappa shape index (κ3) is 3.90. The van der Waals surface area contributed by atoms with Crippen LogP contribution in [-0.4, -0.2) is 20.7 Å². The summed E-state index contributed by atoms with van der Waals surface area (Å²) >= 11 is 2.13. The van der Waals surface area contributed by atoms with Gasteiger partial charge in [-0.25, -0.2) is 4.68 Å². The van der Waals surface area contributed by atoms with Gasteiger partial charge >= 0.3 is 0 Å². The predicted octanol–water partition coefficient (Wildman–Crippen LogP) is 5.75. The van der Waals surface area contributed by atoms with Crippen LogP contribution in [0.2, 0.25) is 0 Å². The van der Waals surface area contributed by atoms with Crippen LogP contribution in [0.4, 0.5) is 0 Å². The minimum Gasteiger partial charge on any atom is -0.229 e. The lowest BCUT2D eigenvalue weighted by molar-refractivity contribution is 0.414. The Hall–Kier alpha value is -1.03. The van der Waals surface area contributed by atoms with E-state index in [-0.39, 0.29) is 4.87 Å². The fourth-order valence-corrected chi connectivity index (χ4v) is 5.22. The van der Waals surface area contributed by atoms with Crippen molar-refractivity contribution in [2.75, 3.05) is 5.75 Å². The fraction of sp³-hybridized carbons (Fsp3) is 0.684. The molecule has 0 bridgehead atoms. The van der Waals surface area contributed by atoms with Gasteiger partial charge in [0.25, 0.3) is 0 Å². The van der Waals surface area contributed by atoms with E-state index < -0.39 is 0 Å². The Kier molecular flexibility index (Phi) is 5.98. The van der Waals surface area contributed by atoms with Crippen molar-refractivity contribution in [3.05, 3.63) is 24.3 Å². The molecule has 1 aromatic carbocycles. The summed E-state index contributed by atoms with van der Waals surface area (Å²) in [5.41, 5.74) is 2.23. The van der Waals surface area contributed by atoms with Gasteiger partial charge in [0.2, 0.25) is 0 Å². The molecule has 0 aliphatic heterocycles. The zero-order valence-electron chi connectivity index (χ0n) is 14.3. The number of para-hydroxylation sites is 1. The van der Waals surface area contributed by atoms with E-state index in [0.717, 1.165) is 5.52 Å². The summed E-state index contributed by atoms with van der Waals surface area (Å²) in [7, 11) is 0. The molecule has 1 saturated carbocycles. The van der Waals surface area contributed by atoms with Crippen LogP contribution >= 0.6 is 11.8 Å². The van der Waals surface area contributed by atoms with Crippen molar-refractivity contribution in [1.82, 2.24) is 15.0 Å². The summed E-state index contributed by atoms with van der Waals surface area (Å²) in [6.45, 7) is 2.28. The quantitative estimate of drug-likeness (QED) is 0.548. The highest BCUT2D eigenvalue weighted by Crippen LogP contribution is 2.46. The third-order valence-corrected chi connectivity index (χ3v) is 6.60. The van der Waals surface area contributed by atoms with E-state index in [1.807, 2.05) is 6.07 Å². The number of thioether (sulfide) groups is 1. The number of fused-ring (bicyclic) bond motifs is 1. The van der Waals surface area contributed by atoms with E-state index in [1.54, 1.807) is 0 Å². The van der Waals surface area contributed by atoms with Crippen LogP contribution in [0, 0.1) is 0 Å². The Balaban J connectivity index is 1.61. The van der Waals surface area contributed by atoms with E-state index in [0.29, 0.717) is 0 Å². The monoisotopic (exact) mass is 331 g/mol. The standard InChI is InChI=1S/C19H29N3S/c1-2-3-4-5-6-11-16-23-19(14-9-10-15-19)22-18-13-8-7-12-17(18)20-21-22/h7-8,12-13H,2-6,9-11,14-16H2,1H3. The second-order valence-electron chi connectivity index (χ2n) is 6.76. The lowest BCUT2D eigenvalue weighted by Gasteiger charge is -2.29. The Morgan fingerprint density at radius 2 is 1.78 bits per heavy atom. The summed E-state index contributed by atoms with van der Waals surface area (Å²) in [5, 5.41) is 8.92. The van der Waals surface area contributed by atoms with E-state index >= 15 is 0 Å². The van der Waals surface area contributed by atoms with Gasteiger partial charge < -0.3 is 0 Å². The average Bonchev–Trinajstić information content (AvgIpc) is 3.21. The molecular formula is C19H29N3S. The molecule has 4 heteroatoms. The van der Waals surface area contributed by atoms with Crippen LogP contribution in [0.25, 0.3) is 11.0 Å². The average molecular weight is 332 g/mol. The Bertz CT molecular complexity index is 601. The second-order valence-corrected chi connectivity index (χ2v) is 8.22. The van der Waals surface area contributed by atoms with Crippen LogP contribution < -0.4 is 0 Å². The maximum Gasteiger partial charge on any atom is 0.113 e. The molecule has 23 heavy (non-hydrogen) atoms. The number of nitrogens with zero attached hydrogens (tertiary/aromatic N) is 3. The molecule has 3 nitrogen and oxygen atoms in total. The van der Waals surface area contributed by atoms with Crippen LogP contribution in [0.5, 0.6) is 0 Å². The number of hydrogen-bond donors (Lipinski definition) is 0. The first-order valence-electron chi connectivity index (χ1n) is 9.31. The summed E-state index contributed by atoms with van der Waals surface area (Å²) in [6.07, 6.45) is 13.3. The minimum atomic E-state index is 0.152. The predicted molar refractivity (Wildman–Crippen MR) is 99.8 cm³/mol. The van der Waals surface area contributed by atoms with Crippen molar-refractivity contribution < 1.29 is 0 Å². The van der Waals surface area contributed by atoms with Gasteiger partial charge in [0, 0.05) is 0 Å². The number of benzene rings is 1. The van der Waals surface area contributed by atoms with Crippen molar-refractivity contribution in [1.29, 1.82) is 0 Å². The molecule has 0 spiro atoms. The Morgan fingerprint density at radius 3 is 2.61 bits per heavy atom. The minimum absolute atomic E-state index is 0.152. The molecule has 1 aliphatic rings.